The Morgan fingerprint density at radius 2 is 1.96 bits per heavy atom. The maximum atomic E-state index is 12.3. The normalized spacial score (nSPS) is 13.0. The lowest BCUT2D eigenvalue weighted by molar-refractivity contribution is 0.414. The fraction of sp³-hybridized carbons (Fsp3) is 0.125. The molecule has 0 saturated heterocycles. The fourth-order valence-corrected chi connectivity index (χ4v) is 3.70. The first-order valence-corrected chi connectivity index (χ1v) is 10.2. The Morgan fingerprint density at radius 3 is 2.60 bits per heavy atom. The van der Waals surface area contributed by atoms with Crippen molar-refractivity contribution in [3.8, 4) is 5.75 Å². The highest BCUT2D eigenvalue weighted by molar-refractivity contribution is 7.90. The van der Waals surface area contributed by atoms with Crippen molar-refractivity contribution in [2.24, 2.45) is 5.14 Å². The van der Waals surface area contributed by atoms with Crippen LogP contribution in [-0.4, -0.2) is 19.7 Å². The lowest BCUT2D eigenvalue weighted by Gasteiger charge is -2.09. The summed E-state index contributed by atoms with van der Waals surface area (Å²) < 4.78 is 43.4. The summed E-state index contributed by atoms with van der Waals surface area (Å²) in [6, 6.07) is 9.58. The molecule has 1 atom stereocenters. The highest BCUT2D eigenvalue weighted by atomic mass is 35.5. The molecule has 1 unspecified atom stereocenters. The number of primary sulfonamides is 1. The van der Waals surface area contributed by atoms with E-state index in [4.69, 9.17) is 21.5 Å². The zero-order valence-corrected chi connectivity index (χ0v) is 15.9. The van der Waals surface area contributed by atoms with E-state index < -0.39 is 21.0 Å². The molecule has 0 saturated carbocycles. The smallest absolute Gasteiger partial charge is 0.240 e. The van der Waals surface area contributed by atoms with Crippen molar-refractivity contribution in [1.82, 2.24) is 0 Å². The number of benzene rings is 2. The zero-order valence-electron chi connectivity index (χ0n) is 13.5. The number of anilines is 1. The van der Waals surface area contributed by atoms with Gasteiger partial charge in [-0.2, -0.15) is 0 Å². The van der Waals surface area contributed by atoms with Gasteiger partial charge in [-0.25, -0.2) is 17.8 Å². The molecule has 0 fully saturated rings. The summed E-state index contributed by atoms with van der Waals surface area (Å²) in [5, 5.41) is 7.08. The van der Waals surface area contributed by atoms with E-state index in [1.807, 2.05) is 0 Å². The van der Waals surface area contributed by atoms with Gasteiger partial charge < -0.3 is 9.46 Å². The third-order valence-corrected chi connectivity index (χ3v) is 5.23. The number of hydrogen-bond acceptors (Lipinski definition) is 4. The summed E-state index contributed by atoms with van der Waals surface area (Å²) in [7, 11) is -4.11. The quantitative estimate of drug-likeness (QED) is 0.778. The Hall–Kier alpha value is -1.87. The second-order valence-electron chi connectivity index (χ2n) is 5.13. The van der Waals surface area contributed by atoms with E-state index in [9.17, 15) is 12.6 Å². The van der Waals surface area contributed by atoms with E-state index >= 15 is 0 Å². The molecule has 2 rings (SSSR count). The summed E-state index contributed by atoms with van der Waals surface area (Å²) in [4.78, 5) is -0.121. The van der Waals surface area contributed by atoms with E-state index in [0.29, 0.717) is 16.3 Å². The molecule has 0 amide bonds. The first-order valence-electron chi connectivity index (χ1n) is 7.03. The van der Waals surface area contributed by atoms with Gasteiger partial charge in [0.15, 0.2) is 0 Å². The molecule has 6 nitrogen and oxygen atoms in total. The minimum Gasteiger partial charge on any atom is -0.496 e. The molecule has 0 spiro atoms. The molecule has 0 heterocycles. The van der Waals surface area contributed by atoms with Gasteiger partial charge in [0.25, 0.3) is 0 Å². The number of sulfonamides is 1. The number of aryl methyl sites for hydroxylation is 1. The maximum absolute atomic E-state index is 12.3. The van der Waals surface area contributed by atoms with Gasteiger partial charge in [0, 0.05) is 16.0 Å². The predicted molar refractivity (Wildman–Crippen MR) is 101 cm³/mol. The summed E-state index contributed by atoms with van der Waals surface area (Å²) in [5.74, 6) is 0.529. The van der Waals surface area contributed by atoms with Gasteiger partial charge in [0.1, 0.15) is 21.6 Å². The van der Waals surface area contributed by atoms with Gasteiger partial charge in [0.2, 0.25) is 10.0 Å². The van der Waals surface area contributed by atoms with Crippen LogP contribution in [0.2, 0.25) is 5.02 Å². The lowest BCUT2D eigenvalue weighted by atomic mass is 10.2. The highest BCUT2D eigenvalue weighted by Gasteiger charge is 2.15. The standard InChI is InChI=1S/C16H17ClN2O4S2/c1-11-3-6-16(25(18,21)22)14(9-11)19-24(20)8-7-12-4-5-13(17)10-15(12)23-2/h3-10,19H,1-2H3,(H2,18,21,22)/b8-7+. The Labute approximate surface area is 154 Å². The van der Waals surface area contributed by atoms with Gasteiger partial charge in [0.05, 0.1) is 12.8 Å². The number of rotatable bonds is 6. The topological polar surface area (TPSA) is 98.5 Å². The molecule has 0 aliphatic heterocycles. The molecule has 3 N–H and O–H groups in total. The molecule has 2 aromatic rings. The molecule has 0 aliphatic rings. The second kappa shape index (κ2) is 8.01. The highest BCUT2D eigenvalue weighted by Crippen LogP contribution is 2.25. The van der Waals surface area contributed by atoms with Crippen LogP contribution in [0.25, 0.3) is 6.08 Å². The summed E-state index contributed by atoms with van der Waals surface area (Å²) in [6.45, 7) is 1.79. The lowest BCUT2D eigenvalue weighted by Crippen LogP contribution is -2.15. The molecule has 0 aliphatic carbocycles. The van der Waals surface area contributed by atoms with Crippen molar-refractivity contribution in [3.63, 3.8) is 0 Å². The Morgan fingerprint density at radius 1 is 1.24 bits per heavy atom. The number of ether oxygens (including phenoxy) is 1. The molecule has 0 bridgehead atoms. The van der Waals surface area contributed by atoms with Crippen LogP contribution in [0.3, 0.4) is 0 Å². The van der Waals surface area contributed by atoms with Crippen molar-refractivity contribution in [2.75, 3.05) is 11.8 Å². The summed E-state index contributed by atoms with van der Waals surface area (Å²) in [5.41, 5.74) is 1.65. The molecule has 9 heteroatoms. The number of hydrogen-bond donors (Lipinski definition) is 2. The fourth-order valence-electron chi connectivity index (χ4n) is 2.07. The van der Waals surface area contributed by atoms with Crippen LogP contribution in [0.1, 0.15) is 11.1 Å². The Balaban J connectivity index is 2.25. The molecular weight excluding hydrogens is 384 g/mol. The van der Waals surface area contributed by atoms with Crippen LogP contribution >= 0.6 is 11.6 Å². The number of nitrogens with one attached hydrogen (secondary N) is 1. The largest absolute Gasteiger partial charge is 0.496 e. The average Bonchev–Trinajstić information content (AvgIpc) is 2.52. The molecule has 134 valence electrons. The van der Waals surface area contributed by atoms with Crippen LogP contribution in [-0.2, 0) is 21.0 Å². The molecule has 25 heavy (non-hydrogen) atoms. The third kappa shape index (κ3) is 5.30. The third-order valence-electron chi connectivity index (χ3n) is 3.22. The van der Waals surface area contributed by atoms with Crippen molar-refractivity contribution >= 4 is 44.4 Å². The van der Waals surface area contributed by atoms with Crippen LogP contribution < -0.4 is 14.6 Å². The predicted octanol–water partition coefficient (Wildman–Crippen LogP) is 3.05. The van der Waals surface area contributed by atoms with Crippen molar-refractivity contribution in [1.29, 1.82) is 0 Å². The van der Waals surface area contributed by atoms with E-state index in [1.165, 1.54) is 18.6 Å². The molecular formula is C16H17ClN2O4S2. The van der Waals surface area contributed by atoms with Gasteiger partial charge >= 0.3 is 0 Å². The molecule has 0 aromatic heterocycles. The summed E-state index contributed by atoms with van der Waals surface area (Å²) >= 11 is 5.90. The van der Waals surface area contributed by atoms with Crippen molar-refractivity contribution < 1.29 is 17.4 Å². The van der Waals surface area contributed by atoms with Crippen molar-refractivity contribution in [2.45, 2.75) is 11.8 Å². The van der Waals surface area contributed by atoms with Crippen molar-refractivity contribution in [3.05, 3.63) is 58.0 Å². The first-order chi connectivity index (χ1) is 11.7. The maximum Gasteiger partial charge on any atom is 0.240 e. The van der Waals surface area contributed by atoms with E-state index in [0.717, 1.165) is 5.56 Å². The average molecular weight is 401 g/mol. The van der Waals surface area contributed by atoms with Gasteiger partial charge in [-0.3, -0.25) is 0 Å². The zero-order chi connectivity index (χ0) is 18.6. The Bertz CT molecular complexity index is 943. The Kier molecular flexibility index (Phi) is 6.23. The van der Waals surface area contributed by atoms with E-state index in [-0.39, 0.29) is 10.6 Å². The van der Waals surface area contributed by atoms with Crippen LogP contribution in [0.5, 0.6) is 5.75 Å². The van der Waals surface area contributed by atoms with Gasteiger partial charge in [-0.15, -0.1) is 0 Å². The van der Waals surface area contributed by atoms with E-state index in [2.05, 4.69) is 4.72 Å². The monoisotopic (exact) mass is 400 g/mol. The van der Waals surface area contributed by atoms with Crippen LogP contribution in [0.4, 0.5) is 5.69 Å². The van der Waals surface area contributed by atoms with Gasteiger partial charge in [-0.1, -0.05) is 17.7 Å². The van der Waals surface area contributed by atoms with Crippen LogP contribution in [0.15, 0.2) is 46.7 Å². The number of methoxy groups -OCH3 is 1. The second-order valence-corrected chi connectivity index (χ2v) is 8.17. The first kappa shape index (κ1) is 19.5. The number of halogens is 1. The summed E-state index contributed by atoms with van der Waals surface area (Å²) in [6.07, 6.45) is 1.59. The van der Waals surface area contributed by atoms with Crippen LogP contribution in [0, 0.1) is 6.92 Å². The minimum atomic E-state index is -3.93. The molecule has 2 aromatic carbocycles. The minimum absolute atomic E-state index is 0.121. The van der Waals surface area contributed by atoms with Gasteiger partial charge in [-0.05, 0) is 48.9 Å². The molecule has 0 radical (unpaired) electrons. The number of nitrogens with two attached hydrogens (primary N) is 1. The van der Waals surface area contributed by atoms with E-state index in [1.54, 1.807) is 43.3 Å². The SMILES string of the molecule is COc1cc(Cl)ccc1/C=C/S(=O)Nc1cc(C)ccc1S(N)(=O)=O.